The molecule has 0 aromatic rings. The molecule has 6 heteroatoms. The Morgan fingerprint density at radius 1 is 1.43 bits per heavy atom. The Morgan fingerprint density at radius 3 is 2.57 bits per heavy atom. The van der Waals surface area contributed by atoms with Crippen LogP contribution in [0.2, 0.25) is 0 Å². The first kappa shape index (κ1) is 13.0. The lowest BCUT2D eigenvalue weighted by Gasteiger charge is -2.04. The lowest BCUT2D eigenvalue weighted by atomic mass is 10.3. The first-order chi connectivity index (χ1) is 6.52. The molecule has 0 bridgehead atoms. The van der Waals surface area contributed by atoms with Crippen LogP contribution in [0.25, 0.3) is 0 Å². The summed E-state index contributed by atoms with van der Waals surface area (Å²) in [6.07, 6.45) is -2.68. The molecule has 0 aliphatic rings. The average Bonchev–Trinajstić information content (AvgIpc) is 2.01. The molecule has 0 aliphatic heterocycles. The minimum Gasteiger partial charge on any atom is -0.374 e. The molecule has 0 unspecified atom stereocenters. The number of nitrogens with one attached hydrogen (secondary N) is 1. The van der Waals surface area contributed by atoms with E-state index in [9.17, 15) is 18.4 Å². The molecule has 0 aliphatic carbocycles. The number of hydrogen-bond acceptors (Lipinski definition) is 3. The van der Waals surface area contributed by atoms with Gasteiger partial charge in [0.2, 0.25) is 5.91 Å². The number of hydrogen-bond donors (Lipinski definition) is 1. The minimum absolute atomic E-state index is 0.0218. The Labute approximate surface area is 80.6 Å². The van der Waals surface area contributed by atoms with Crippen molar-refractivity contribution in [3.05, 3.63) is 0 Å². The van der Waals surface area contributed by atoms with Crippen LogP contribution in [0.1, 0.15) is 13.3 Å². The topological polar surface area (TPSA) is 55.4 Å². The second kappa shape index (κ2) is 7.37. The highest BCUT2D eigenvalue weighted by molar-refractivity contribution is 5.96. The number of halogens is 2. The summed E-state index contributed by atoms with van der Waals surface area (Å²) in [5.74, 6) is -0.658. The molecule has 0 aromatic heterocycles. The molecule has 0 radical (unpaired) electrons. The third-order valence-corrected chi connectivity index (χ3v) is 1.22. The maximum atomic E-state index is 11.5. The monoisotopic (exact) mass is 209 g/mol. The van der Waals surface area contributed by atoms with Crippen molar-refractivity contribution < 1.29 is 23.1 Å². The van der Waals surface area contributed by atoms with E-state index < -0.39 is 18.9 Å². The minimum atomic E-state index is -2.50. The summed E-state index contributed by atoms with van der Waals surface area (Å²) in [4.78, 5) is 21.3. The lowest BCUT2D eigenvalue weighted by molar-refractivity contribution is -0.127. The van der Waals surface area contributed by atoms with E-state index in [2.05, 4.69) is 10.1 Å². The van der Waals surface area contributed by atoms with E-state index >= 15 is 0 Å². The first-order valence-electron chi connectivity index (χ1n) is 4.14. The summed E-state index contributed by atoms with van der Waals surface area (Å²) in [7, 11) is 0. The van der Waals surface area contributed by atoms with E-state index in [1.165, 1.54) is 6.92 Å². The number of Topliss-reactive ketones (excluding diaryl/α,β-unsaturated/α-hetero) is 1. The van der Waals surface area contributed by atoms with Gasteiger partial charge in [0.05, 0.1) is 13.0 Å². The number of amides is 1. The Bertz CT molecular complexity index is 197. The molecule has 0 rings (SSSR count). The molecule has 0 fully saturated rings. The maximum absolute atomic E-state index is 11.5. The molecule has 82 valence electrons. The zero-order valence-corrected chi connectivity index (χ0v) is 7.89. The lowest BCUT2D eigenvalue weighted by Crippen LogP contribution is -2.28. The van der Waals surface area contributed by atoms with E-state index in [1.54, 1.807) is 0 Å². The largest absolute Gasteiger partial charge is 0.374 e. The zero-order chi connectivity index (χ0) is 11.0. The fraction of sp³-hybridized carbons (Fsp3) is 0.750. The second-order valence-corrected chi connectivity index (χ2v) is 2.69. The van der Waals surface area contributed by atoms with Crippen molar-refractivity contribution in [2.45, 2.75) is 19.8 Å². The highest BCUT2D eigenvalue weighted by Crippen LogP contribution is 1.91. The maximum Gasteiger partial charge on any atom is 0.261 e. The quantitative estimate of drug-likeness (QED) is 0.486. The van der Waals surface area contributed by atoms with Crippen LogP contribution >= 0.6 is 0 Å². The summed E-state index contributed by atoms with van der Waals surface area (Å²) >= 11 is 0. The van der Waals surface area contributed by atoms with Crippen molar-refractivity contribution >= 4 is 11.7 Å². The average molecular weight is 209 g/mol. The molecular formula is C8H13F2NO3. The van der Waals surface area contributed by atoms with Gasteiger partial charge in [0.15, 0.2) is 0 Å². The molecule has 14 heavy (non-hydrogen) atoms. The van der Waals surface area contributed by atoms with Crippen molar-refractivity contribution in [2.75, 3.05) is 19.8 Å². The van der Waals surface area contributed by atoms with Crippen LogP contribution in [0.15, 0.2) is 0 Å². The molecule has 0 saturated heterocycles. The normalized spacial score (nSPS) is 10.3. The number of ketones is 1. The zero-order valence-electron chi connectivity index (χ0n) is 7.89. The highest BCUT2D eigenvalue weighted by Gasteiger charge is 2.04. The van der Waals surface area contributed by atoms with E-state index in [0.29, 0.717) is 0 Å². The number of carbonyl (C=O) groups is 2. The third kappa shape index (κ3) is 9.05. The SMILES string of the molecule is CC(=O)CC(=O)NCCOCC(F)F. The van der Waals surface area contributed by atoms with Crippen LogP contribution in [0.4, 0.5) is 8.78 Å². The molecule has 0 spiro atoms. The Kier molecular flexibility index (Phi) is 6.82. The van der Waals surface area contributed by atoms with Crippen LogP contribution in [0, 0.1) is 0 Å². The van der Waals surface area contributed by atoms with Gasteiger partial charge in [0, 0.05) is 6.54 Å². The van der Waals surface area contributed by atoms with Crippen LogP contribution in [-0.4, -0.2) is 37.9 Å². The number of ether oxygens (including phenoxy) is 1. The van der Waals surface area contributed by atoms with Gasteiger partial charge in [-0.2, -0.15) is 0 Å². The van der Waals surface area contributed by atoms with Crippen molar-refractivity contribution in [2.24, 2.45) is 0 Å². The van der Waals surface area contributed by atoms with Crippen LogP contribution in [0.5, 0.6) is 0 Å². The molecule has 4 nitrogen and oxygen atoms in total. The molecule has 0 aromatic carbocycles. The molecule has 1 amide bonds. The van der Waals surface area contributed by atoms with Crippen molar-refractivity contribution in [3.63, 3.8) is 0 Å². The van der Waals surface area contributed by atoms with Gasteiger partial charge in [-0.25, -0.2) is 8.78 Å². The highest BCUT2D eigenvalue weighted by atomic mass is 19.3. The summed E-state index contributed by atoms with van der Waals surface area (Å²) < 4.78 is 27.6. The fourth-order valence-corrected chi connectivity index (χ4v) is 0.724. The Hall–Kier alpha value is -1.04. The summed E-state index contributed by atoms with van der Waals surface area (Å²) in [6, 6.07) is 0. The summed E-state index contributed by atoms with van der Waals surface area (Å²) in [6.45, 7) is 0.822. The molecule has 0 saturated carbocycles. The van der Waals surface area contributed by atoms with Crippen molar-refractivity contribution in [3.8, 4) is 0 Å². The second-order valence-electron chi connectivity index (χ2n) is 2.69. The number of carbonyl (C=O) groups excluding carboxylic acids is 2. The predicted molar refractivity (Wildman–Crippen MR) is 45.1 cm³/mol. The van der Waals surface area contributed by atoms with Crippen molar-refractivity contribution in [1.29, 1.82) is 0 Å². The smallest absolute Gasteiger partial charge is 0.261 e. The van der Waals surface area contributed by atoms with E-state index in [0.717, 1.165) is 0 Å². The Morgan fingerprint density at radius 2 is 2.07 bits per heavy atom. The van der Waals surface area contributed by atoms with Gasteiger partial charge in [-0.15, -0.1) is 0 Å². The van der Waals surface area contributed by atoms with E-state index in [4.69, 9.17) is 0 Å². The molecule has 0 heterocycles. The fourth-order valence-electron chi connectivity index (χ4n) is 0.724. The van der Waals surface area contributed by atoms with E-state index in [1.807, 2.05) is 0 Å². The summed E-state index contributed by atoms with van der Waals surface area (Å²) in [5.41, 5.74) is 0. The van der Waals surface area contributed by atoms with Crippen LogP contribution in [-0.2, 0) is 14.3 Å². The third-order valence-electron chi connectivity index (χ3n) is 1.22. The van der Waals surface area contributed by atoms with Gasteiger partial charge in [-0.3, -0.25) is 9.59 Å². The summed E-state index contributed by atoms with van der Waals surface area (Å²) in [5, 5.41) is 2.36. The van der Waals surface area contributed by atoms with E-state index in [-0.39, 0.29) is 25.4 Å². The van der Waals surface area contributed by atoms with Gasteiger partial charge in [0.25, 0.3) is 6.43 Å². The van der Waals surface area contributed by atoms with Gasteiger partial charge >= 0.3 is 0 Å². The van der Waals surface area contributed by atoms with Gasteiger partial charge in [-0.05, 0) is 6.92 Å². The standard InChI is InChI=1S/C8H13F2NO3/c1-6(12)4-8(13)11-2-3-14-5-7(9)10/h7H,2-5H2,1H3,(H,11,13). The molecular weight excluding hydrogens is 196 g/mol. The van der Waals surface area contributed by atoms with Crippen molar-refractivity contribution in [1.82, 2.24) is 5.32 Å². The number of alkyl halides is 2. The molecule has 1 N–H and O–H groups in total. The van der Waals surface area contributed by atoms with Gasteiger partial charge < -0.3 is 10.1 Å². The molecule has 0 atom stereocenters. The van der Waals surface area contributed by atoms with Gasteiger partial charge in [0.1, 0.15) is 12.4 Å². The van der Waals surface area contributed by atoms with Crippen LogP contribution in [0.3, 0.4) is 0 Å². The Balaban J connectivity index is 3.27. The number of rotatable bonds is 7. The first-order valence-corrected chi connectivity index (χ1v) is 4.14. The predicted octanol–water partition coefficient (Wildman–Crippen LogP) is 0.363. The van der Waals surface area contributed by atoms with Gasteiger partial charge in [-0.1, -0.05) is 0 Å². The van der Waals surface area contributed by atoms with Crippen LogP contribution < -0.4 is 5.32 Å².